The molecule has 0 amide bonds. The number of aryl methyl sites for hydroxylation is 2. The Bertz CT molecular complexity index is 569. The van der Waals surface area contributed by atoms with Crippen molar-refractivity contribution in [2.24, 2.45) is 0 Å². The minimum atomic E-state index is 0.569. The van der Waals surface area contributed by atoms with Gasteiger partial charge in [0, 0.05) is 6.20 Å². The first kappa shape index (κ1) is 11.5. The Morgan fingerprint density at radius 2 is 2.29 bits per heavy atom. The van der Waals surface area contributed by atoms with Crippen LogP contribution in [-0.2, 0) is 6.54 Å². The van der Waals surface area contributed by atoms with Crippen LogP contribution in [0.4, 0.5) is 5.00 Å². The quantitative estimate of drug-likeness (QED) is 0.895. The highest BCUT2D eigenvalue weighted by atomic mass is 32.1. The molecule has 0 aliphatic carbocycles. The third-order valence-electron chi connectivity index (χ3n) is 2.24. The van der Waals surface area contributed by atoms with E-state index >= 15 is 0 Å². The molecular formula is C11H11N5S. The van der Waals surface area contributed by atoms with Gasteiger partial charge in [0.1, 0.15) is 22.5 Å². The molecule has 0 spiro atoms. The molecule has 5 nitrogen and oxygen atoms in total. The summed E-state index contributed by atoms with van der Waals surface area (Å²) in [5.41, 5.74) is 2.27. The first-order valence-corrected chi connectivity index (χ1v) is 5.87. The first-order valence-electron chi connectivity index (χ1n) is 5.09. The summed E-state index contributed by atoms with van der Waals surface area (Å²) < 4.78 is 4.14. The highest BCUT2D eigenvalue weighted by Crippen LogP contribution is 2.23. The Balaban J connectivity index is 2.10. The van der Waals surface area contributed by atoms with Gasteiger partial charge in [-0.3, -0.25) is 0 Å². The minimum absolute atomic E-state index is 0.569. The number of hydrogen-bond donors (Lipinski definition) is 1. The average molecular weight is 245 g/mol. The van der Waals surface area contributed by atoms with E-state index in [0.717, 1.165) is 22.2 Å². The van der Waals surface area contributed by atoms with Gasteiger partial charge in [-0.2, -0.15) is 9.64 Å². The van der Waals surface area contributed by atoms with E-state index in [1.54, 1.807) is 6.20 Å². The standard InChI is InChI=1S/C11H11N5S/c1-7-10(5-12)11(17-16-7)14-6-9-3-4-13-8(2)15-9/h3-4,14H,6H2,1-2H3. The van der Waals surface area contributed by atoms with Crippen LogP contribution in [0.3, 0.4) is 0 Å². The summed E-state index contributed by atoms with van der Waals surface area (Å²) in [6, 6.07) is 3.99. The maximum atomic E-state index is 8.98. The van der Waals surface area contributed by atoms with Gasteiger partial charge < -0.3 is 5.32 Å². The van der Waals surface area contributed by atoms with Crippen LogP contribution in [0.25, 0.3) is 0 Å². The molecule has 2 rings (SSSR count). The van der Waals surface area contributed by atoms with Gasteiger partial charge in [-0.05, 0) is 31.4 Å². The van der Waals surface area contributed by atoms with E-state index in [9.17, 15) is 0 Å². The van der Waals surface area contributed by atoms with Crippen molar-refractivity contribution in [3.8, 4) is 6.07 Å². The monoisotopic (exact) mass is 245 g/mol. The summed E-state index contributed by atoms with van der Waals surface area (Å²) in [6.45, 7) is 4.25. The van der Waals surface area contributed by atoms with Crippen LogP contribution in [0, 0.1) is 25.2 Å². The number of rotatable bonds is 3. The summed E-state index contributed by atoms with van der Waals surface area (Å²) in [5.74, 6) is 0.741. The van der Waals surface area contributed by atoms with Crippen LogP contribution in [0.5, 0.6) is 0 Å². The van der Waals surface area contributed by atoms with Gasteiger partial charge in [0.2, 0.25) is 0 Å². The van der Waals surface area contributed by atoms with Crippen molar-refractivity contribution in [3.05, 3.63) is 35.0 Å². The fourth-order valence-corrected chi connectivity index (χ4v) is 2.14. The summed E-state index contributed by atoms with van der Waals surface area (Å²) in [7, 11) is 0. The molecule has 17 heavy (non-hydrogen) atoms. The first-order chi connectivity index (χ1) is 8.20. The lowest BCUT2D eigenvalue weighted by molar-refractivity contribution is 0.957. The normalized spacial score (nSPS) is 9.94. The maximum Gasteiger partial charge on any atom is 0.128 e. The lowest BCUT2D eigenvalue weighted by atomic mass is 10.3. The molecule has 0 radical (unpaired) electrons. The van der Waals surface area contributed by atoms with E-state index in [4.69, 9.17) is 5.26 Å². The molecule has 6 heteroatoms. The molecule has 0 saturated carbocycles. The molecule has 0 saturated heterocycles. The van der Waals surface area contributed by atoms with E-state index in [-0.39, 0.29) is 0 Å². The van der Waals surface area contributed by atoms with Crippen LogP contribution >= 0.6 is 11.5 Å². The lowest BCUT2D eigenvalue weighted by Crippen LogP contribution is -2.03. The van der Waals surface area contributed by atoms with E-state index in [1.807, 2.05) is 19.9 Å². The van der Waals surface area contributed by atoms with Crippen LogP contribution < -0.4 is 5.32 Å². The molecule has 2 heterocycles. The predicted octanol–water partition coefficient (Wildman–Crippen LogP) is 2.03. The molecule has 0 aromatic carbocycles. The van der Waals surface area contributed by atoms with Gasteiger partial charge in [-0.15, -0.1) is 0 Å². The second kappa shape index (κ2) is 4.89. The molecule has 2 aromatic rings. The van der Waals surface area contributed by atoms with Crippen molar-refractivity contribution in [2.75, 3.05) is 5.32 Å². The van der Waals surface area contributed by atoms with Crippen LogP contribution in [0.15, 0.2) is 12.3 Å². The van der Waals surface area contributed by atoms with Crippen molar-refractivity contribution in [1.29, 1.82) is 5.26 Å². The zero-order chi connectivity index (χ0) is 12.3. The Kier molecular flexibility index (Phi) is 3.30. The zero-order valence-corrected chi connectivity index (χ0v) is 10.4. The number of nitrogens with one attached hydrogen (secondary N) is 1. The van der Waals surface area contributed by atoms with Crippen molar-refractivity contribution >= 4 is 16.5 Å². The van der Waals surface area contributed by atoms with Gasteiger partial charge in [-0.25, -0.2) is 9.97 Å². The van der Waals surface area contributed by atoms with Gasteiger partial charge in [0.05, 0.1) is 17.9 Å². The molecule has 0 atom stereocenters. The number of nitrogens with zero attached hydrogens (tertiary/aromatic N) is 4. The Hall–Kier alpha value is -2.00. The summed E-state index contributed by atoms with van der Waals surface area (Å²) >= 11 is 1.30. The largest absolute Gasteiger partial charge is 0.369 e. The number of nitriles is 1. The third kappa shape index (κ3) is 2.57. The van der Waals surface area contributed by atoms with Crippen molar-refractivity contribution in [2.45, 2.75) is 20.4 Å². The zero-order valence-electron chi connectivity index (χ0n) is 9.56. The predicted molar refractivity (Wildman–Crippen MR) is 65.7 cm³/mol. The SMILES string of the molecule is Cc1nccc(CNc2snc(C)c2C#N)n1. The smallest absolute Gasteiger partial charge is 0.128 e. The van der Waals surface area contributed by atoms with Gasteiger partial charge in [0.25, 0.3) is 0 Å². The fraction of sp³-hybridized carbons (Fsp3) is 0.273. The fourth-order valence-electron chi connectivity index (χ4n) is 1.40. The number of hydrogen-bond acceptors (Lipinski definition) is 6. The minimum Gasteiger partial charge on any atom is -0.369 e. The lowest BCUT2D eigenvalue weighted by Gasteiger charge is -2.03. The molecule has 0 aliphatic rings. The average Bonchev–Trinajstić information content (AvgIpc) is 2.67. The molecule has 1 N–H and O–H groups in total. The second-order valence-corrected chi connectivity index (χ2v) is 4.31. The maximum absolute atomic E-state index is 8.98. The Morgan fingerprint density at radius 3 is 3.00 bits per heavy atom. The molecule has 0 fully saturated rings. The summed E-state index contributed by atoms with van der Waals surface area (Å²) in [6.07, 6.45) is 1.72. The molecule has 0 unspecified atom stereocenters. The summed E-state index contributed by atoms with van der Waals surface area (Å²) in [4.78, 5) is 8.31. The second-order valence-electron chi connectivity index (χ2n) is 3.53. The topological polar surface area (TPSA) is 74.5 Å². The van der Waals surface area contributed by atoms with E-state index in [1.165, 1.54) is 11.5 Å². The van der Waals surface area contributed by atoms with E-state index < -0.39 is 0 Å². The van der Waals surface area contributed by atoms with E-state index in [2.05, 4.69) is 25.7 Å². The van der Waals surface area contributed by atoms with Crippen molar-refractivity contribution in [3.63, 3.8) is 0 Å². The molecule has 2 aromatic heterocycles. The molecular weight excluding hydrogens is 234 g/mol. The third-order valence-corrected chi connectivity index (χ3v) is 3.13. The van der Waals surface area contributed by atoms with Crippen LogP contribution in [0.1, 0.15) is 22.8 Å². The van der Waals surface area contributed by atoms with Crippen LogP contribution in [-0.4, -0.2) is 14.3 Å². The molecule has 0 aliphatic heterocycles. The number of aromatic nitrogens is 3. The highest BCUT2D eigenvalue weighted by Gasteiger charge is 2.09. The number of anilines is 1. The van der Waals surface area contributed by atoms with Crippen molar-refractivity contribution in [1.82, 2.24) is 14.3 Å². The van der Waals surface area contributed by atoms with E-state index in [0.29, 0.717) is 12.1 Å². The molecule has 86 valence electrons. The Labute approximate surface area is 103 Å². The van der Waals surface area contributed by atoms with Crippen molar-refractivity contribution < 1.29 is 0 Å². The highest BCUT2D eigenvalue weighted by molar-refractivity contribution is 7.10. The van der Waals surface area contributed by atoms with Gasteiger partial charge in [0.15, 0.2) is 0 Å². The molecule has 0 bridgehead atoms. The van der Waals surface area contributed by atoms with Gasteiger partial charge in [-0.1, -0.05) is 0 Å². The van der Waals surface area contributed by atoms with Gasteiger partial charge >= 0.3 is 0 Å². The summed E-state index contributed by atoms with van der Waals surface area (Å²) in [5, 5.41) is 12.9. The Morgan fingerprint density at radius 1 is 1.47 bits per heavy atom. The van der Waals surface area contributed by atoms with Crippen LogP contribution in [0.2, 0.25) is 0 Å².